The number of hydrogen-bond donors (Lipinski definition) is 1. The van der Waals surface area contributed by atoms with E-state index < -0.39 is 0 Å². The molecule has 0 radical (unpaired) electrons. The first-order valence-electron chi connectivity index (χ1n) is 10.6. The van der Waals surface area contributed by atoms with Gasteiger partial charge in [0.25, 0.3) is 0 Å². The first-order valence-corrected chi connectivity index (χ1v) is 11.0. The Hall–Kier alpha value is -3.12. The second-order valence-corrected chi connectivity index (χ2v) is 8.22. The minimum Gasteiger partial charge on any atom is -0.488 e. The zero-order valence-corrected chi connectivity index (χ0v) is 17.9. The third kappa shape index (κ3) is 4.08. The quantitative estimate of drug-likeness (QED) is 0.565. The minimum absolute atomic E-state index is 0.255. The summed E-state index contributed by atoms with van der Waals surface area (Å²) in [4.78, 5) is 23.4. The van der Waals surface area contributed by atoms with E-state index in [2.05, 4.69) is 5.32 Å². The Bertz CT molecular complexity index is 1130. The Morgan fingerprint density at radius 1 is 1.10 bits per heavy atom. The monoisotopic (exact) mass is 434 g/mol. The number of halogens is 1. The normalized spacial score (nSPS) is 14.7. The lowest BCUT2D eigenvalue weighted by atomic mass is 9.98. The van der Waals surface area contributed by atoms with Gasteiger partial charge in [0.1, 0.15) is 12.4 Å². The van der Waals surface area contributed by atoms with Crippen molar-refractivity contribution >= 4 is 23.5 Å². The lowest BCUT2D eigenvalue weighted by Gasteiger charge is -2.23. The Labute approximate surface area is 186 Å². The molecule has 3 aromatic rings. The first-order chi connectivity index (χ1) is 15.2. The molecule has 1 saturated heterocycles. The van der Waals surface area contributed by atoms with Crippen LogP contribution in [-0.4, -0.2) is 40.4 Å². The van der Waals surface area contributed by atoms with Gasteiger partial charge in [-0.1, -0.05) is 35.9 Å². The molecule has 0 spiro atoms. The Morgan fingerprint density at radius 2 is 1.97 bits per heavy atom. The topological polar surface area (TPSA) is 67.4 Å². The summed E-state index contributed by atoms with van der Waals surface area (Å²) in [5, 5.41) is 4.01. The van der Waals surface area contributed by atoms with Gasteiger partial charge >= 0.3 is 0 Å². The van der Waals surface area contributed by atoms with Gasteiger partial charge in [0.05, 0.1) is 11.4 Å². The van der Waals surface area contributed by atoms with Crippen LogP contribution in [-0.2, 0) is 11.4 Å². The summed E-state index contributed by atoms with van der Waals surface area (Å²) in [6.07, 6.45) is 2.48. The molecule has 2 aliphatic rings. The Morgan fingerprint density at radius 3 is 2.81 bits per heavy atom. The van der Waals surface area contributed by atoms with Crippen LogP contribution in [0.4, 0.5) is 5.95 Å². The van der Waals surface area contributed by atoms with Gasteiger partial charge in [-0.15, -0.1) is 0 Å². The van der Waals surface area contributed by atoms with Crippen LogP contribution in [0, 0.1) is 0 Å². The van der Waals surface area contributed by atoms with Crippen LogP contribution in [0.3, 0.4) is 0 Å². The molecule has 0 atom stereocenters. The second-order valence-electron chi connectivity index (χ2n) is 7.78. The van der Waals surface area contributed by atoms with Crippen molar-refractivity contribution in [2.75, 3.05) is 25.0 Å². The molecule has 1 aromatic heterocycles. The summed E-state index contributed by atoms with van der Waals surface area (Å²) < 4.78 is 5.98. The molecule has 6 nitrogen and oxygen atoms in total. The highest BCUT2D eigenvalue weighted by atomic mass is 35.5. The summed E-state index contributed by atoms with van der Waals surface area (Å²) in [5.74, 6) is 1.65. The van der Waals surface area contributed by atoms with Gasteiger partial charge in [-0.05, 0) is 37.1 Å². The van der Waals surface area contributed by atoms with E-state index in [0.29, 0.717) is 30.5 Å². The third-order valence-electron chi connectivity index (χ3n) is 5.68. The Balaban J connectivity index is 1.45. The third-order valence-corrected chi connectivity index (χ3v) is 5.91. The predicted octanol–water partition coefficient (Wildman–Crippen LogP) is 4.78. The van der Waals surface area contributed by atoms with E-state index in [9.17, 15) is 4.79 Å². The summed E-state index contributed by atoms with van der Waals surface area (Å²) in [7, 11) is 0. The number of anilines is 1. The first kappa shape index (κ1) is 19.8. The van der Waals surface area contributed by atoms with Gasteiger partial charge in [0, 0.05) is 47.8 Å². The number of likely N-dealkylation sites (tertiary alicyclic amines) is 1. The molecule has 2 aliphatic heterocycles. The van der Waals surface area contributed by atoms with Gasteiger partial charge in [-0.25, -0.2) is 9.97 Å². The fraction of sp³-hybridized carbons (Fsp3) is 0.292. The fourth-order valence-electron chi connectivity index (χ4n) is 4.15. The maximum atomic E-state index is 11.8. The second kappa shape index (κ2) is 8.55. The van der Waals surface area contributed by atoms with Gasteiger partial charge < -0.3 is 15.0 Å². The highest BCUT2D eigenvalue weighted by Gasteiger charge is 2.24. The standard InChI is InChI=1S/C24H23ClN4O2/c25-17-7-3-6-16(14-17)22-19-15-31-20-9-2-1-8-18(20)23(19)28-24(27-22)26-11-5-13-29-12-4-10-21(29)30/h1-3,6-9,14H,4-5,10-13,15H2,(H,26,27,28). The molecule has 0 saturated carbocycles. The SMILES string of the molecule is O=C1CCCN1CCCNc1nc(-c2cccc(Cl)c2)c2c(n1)-c1ccccc1OC2. The molecule has 158 valence electrons. The average Bonchev–Trinajstić information content (AvgIpc) is 3.20. The average molecular weight is 435 g/mol. The van der Waals surface area contributed by atoms with Crippen molar-refractivity contribution in [2.24, 2.45) is 0 Å². The number of para-hydroxylation sites is 1. The number of amides is 1. The van der Waals surface area contributed by atoms with Crippen LogP contribution in [0.25, 0.3) is 22.5 Å². The maximum absolute atomic E-state index is 11.8. The number of nitrogens with one attached hydrogen (secondary N) is 1. The largest absolute Gasteiger partial charge is 0.488 e. The van der Waals surface area contributed by atoms with Crippen LogP contribution in [0.2, 0.25) is 5.02 Å². The smallest absolute Gasteiger partial charge is 0.223 e. The molecular weight excluding hydrogens is 412 g/mol. The van der Waals surface area contributed by atoms with Crippen molar-refractivity contribution in [2.45, 2.75) is 25.9 Å². The zero-order valence-electron chi connectivity index (χ0n) is 17.1. The van der Waals surface area contributed by atoms with E-state index in [1.807, 2.05) is 53.4 Å². The van der Waals surface area contributed by atoms with E-state index >= 15 is 0 Å². The molecule has 0 aliphatic carbocycles. The number of nitrogens with zero attached hydrogens (tertiary/aromatic N) is 3. The van der Waals surface area contributed by atoms with Crippen molar-refractivity contribution in [3.05, 3.63) is 59.1 Å². The van der Waals surface area contributed by atoms with Crippen LogP contribution < -0.4 is 10.1 Å². The van der Waals surface area contributed by atoms with E-state index in [4.69, 9.17) is 26.3 Å². The van der Waals surface area contributed by atoms with Crippen molar-refractivity contribution < 1.29 is 9.53 Å². The van der Waals surface area contributed by atoms with Gasteiger partial charge in [-0.3, -0.25) is 4.79 Å². The molecule has 0 unspecified atom stereocenters. The Kier molecular flexibility index (Phi) is 5.47. The van der Waals surface area contributed by atoms with Crippen molar-refractivity contribution in [1.29, 1.82) is 0 Å². The van der Waals surface area contributed by atoms with Crippen molar-refractivity contribution in [1.82, 2.24) is 14.9 Å². The van der Waals surface area contributed by atoms with E-state index in [-0.39, 0.29) is 5.91 Å². The maximum Gasteiger partial charge on any atom is 0.223 e. The predicted molar refractivity (Wildman–Crippen MR) is 121 cm³/mol. The lowest BCUT2D eigenvalue weighted by molar-refractivity contribution is -0.127. The van der Waals surface area contributed by atoms with Crippen LogP contribution in [0.5, 0.6) is 5.75 Å². The van der Waals surface area contributed by atoms with Crippen molar-refractivity contribution in [3.63, 3.8) is 0 Å². The highest BCUT2D eigenvalue weighted by Crippen LogP contribution is 2.40. The molecule has 5 rings (SSSR count). The molecule has 2 aromatic carbocycles. The number of hydrogen-bond acceptors (Lipinski definition) is 5. The zero-order chi connectivity index (χ0) is 21.2. The summed E-state index contributed by atoms with van der Waals surface area (Å²) in [6.45, 7) is 2.72. The van der Waals surface area contributed by atoms with E-state index in [1.54, 1.807) is 0 Å². The van der Waals surface area contributed by atoms with Crippen LogP contribution in [0.1, 0.15) is 24.8 Å². The molecule has 1 N–H and O–H groups in total. The minimum atomic E-state index is 0.255. The summed E-state index contributed by atoms with van der Waals surface area (Å²) in [5.41, 5.74) is 4.54. The highest BCUT2D eigenvalue weighted by molar-refractivity contribution is 6.30. The summed E-state index contributed by atoms with van der Waals surface area (Å²) in [6, 6.07) is 15.6. The lowest BCUT2D eigenvalue weighted by Crippen LogP contribution is -2.27. The molecule has 0 bridgehead atoms. The number of ether oxygens (including phenoxy) is 1. The van der Waals surface area contributed by atoms with Gasteiger partial charge in [0.2, 0.25) is 11.9 Å². The molecule has 1 fully saturated rings. The number of aromatic nitrogens is 2. The number of carbonyl (C=O) groups is 1. The van der Waals surface area contributed by atoms with Gasteiger partial charge in [0.15, 0.2) is 0 Å². The molecule has 7 heteroatoms. The summed E-state index contributed by atoms with van der Waals surface area (Å²) >= 11 is 6.25. The number of fused-ring (bicyclic) bond motifs is 3. The molecule has 31 heavy (non-hydrogen) atoms. The number of carbonyl (C=O) groups excluding carboxylic acids is 1. The van der Waals surface area contributed by atoms with E-state index in [0.717, 1.165) is 59.8 Å². The number of rotatable bonds is 6. The van der Waals surface area contributed by atoms with Crippen LogP contribution >= 0.6 is 11.6 Å². The molecular formula is C24H23ClN4O2. The molecule has 3 heterocycles. The van der Waals surface area contributed by atoms with Crippen molar-refractivity contribution in [3.8, 4) is 28.3 Å². The van der Waals surface area contributed by atoms with Crippen LogP contribution in [0.15, 0.2) is 48.5 Å². The van der Waals surface area contributed by atoms with Gasteiger partial charge in [-0.2, -0.15) is 0 Å². The number of benzene rings is 2. The van der Waals surface area contributed by atoms with E-state index in [1.165, 1.54) is 0 Å². The molecule has 1 amide bonds. The fourth-order valence-corrected chi connectivity index (χ4v) is 4.34.